The zero-order chi connectivity index (χ0) is 21.2. The average molecular weight is 426 g/mol. The summed E-state index contributed by atoms with van der Waals surface area (Å²) in [6.07, 6.45) is 6.83. The smallest absolute Gasteiger partial charge is 0.393 e. The molecule has 0 spiro atoms. The van der Waals surface area contributed by atoms with Crippen LogP contribution >= 0.6 is 7.82 Å². The molecule has 0 heterocycles. The molecule has 4 aliphatic carbocycles. The summed E-state index contributed by atoms with van der Waals surface area (Å²) in [7, 11) is -4.83. The Morgan fingerprint density at radius 2 is 2.07 bits per heavy atom. The number of rotatable bonds is 4. The van der Waals surface area contributed by atoms with E-state index in [1.54, 1.807) is 19.1 Å². The molecule has 4 rings (SSSR count). The van der Waals surface area contributed by atoms with E-state index in [4.69, 9.17) is 9.79 Å². The Bertz CT molecular complexity index is 843. The summed E-state index contributed by atoms with van der Waals surface area (Å²) in [5.41, 5.74) is -1.66. The molecule has 0 saturated heterocycles. The van der Waals surface area contributed by atoms with Crippen molar-refractivity contribution in [2.45, 2.75) is 50.7 Å². The maximum atomic E-state index is 12.7. The van der Waals surface area contributed by atoms with Crippen LogP contribution in [-0.4, -0.2) is 49.9 Å². The molecule has 4 N–H and O–H groups in total. The summed E-state index contributed by atoms with van der Waals surface area (Å²) in [6, 6.07) is 0. The Balaban J connectivity index is 1.61. The molecule has 0 aromatic heterocycles. The normalized spacial score (nSPS) is 44.0. The molecule has 0 aliphatic heterocycles. The van der Waals surface area contributed by atoms with Gasteiger partial charge in [-0.2, -0.15) is 0 Å². The predicted molar refractivity (Wildman–Crippen MR) is 101 cm³/mol. The van der Waals surface area contributed by atoms with Gasteiger partial charge in [-0.05, 0) is 62.0 Å². The lowest BCUT2D eigenvalue weighted by Crippen LogP contribution is -2.60. The first-order valence-corrected chi connectivity index (χ1v) is 11.6. The molecule has 9 heteroatoms. The van der Waals surface area contributed by atoms with E-state index in [0.29, 0.717) is 6.42 Å². The lowest BCUT2D eigenvalue weighted by atomic mass is 9.50. The average Bonchev–Trinajstić information content (AvgIpc) is 2.90. The largest absolute Gasteiger partial charge is 0.470 e. The molecule has 29 heavy (non-hydrogen) atoms. The number of phosphoric ester groups is 1. The van der Waals surface area contributed by atoms with Crippen molar-refractivity contribution in [2.75, 3.05) is 6.61 Å². The van der Waals surface area contributed by atoms with Gasteiger partial charge in [0.25, 0.3) is 0 Å². The topological polar surface area (TPSA) is 141 Å². The fraction of sp³-hybridized carbons (Fsp3) is 0.700. The molecule has 0 bridgehead atoms. The molecule has 0 aromatic carbocycles. The monoisotopic (exact) mass is 426 g/mol. The second-order valence-corrected chi connectivity index (χ2v) is 10.4. The second kappa shape index (κ2) is 6.94. The molecule has 0 aromatic rings. The van der Waals surface area contributed by atoms with E-state index in [2.05, 4.69) is 4.52 Å². The van der Waals surface area contributed by atoms with Gasteiger partial charge in [-0.1, -0.05) is 18.6 Å². The number of hydrogen-bond donors (Lipinski definition) is 4. The first kappa shape index (κ1) is 21.1. The molecule has 160 valence electrons. The Morgan fingerprint density at radius 3 is 2.76 bits per heavy atom. The van der Waals surface area contributed by atoms with E-state index >= 15 is 0 Å². The third-order valence-corrected chi connectivity index (χ3v) is 8.36. The van der Waals surface area contributed by atoms with Gasteiger partial charge in [0, 0.05) is 11.3 Å². The van der Waals surface area contributed by atoms with Crippen molar-refractivity contribution >= 4 is 19.4 Å². The number of carbonyl (C=O) groups is 2. The van der Waals surface area contributed by atoms with Crippen molar-refractivity contribution < 1.29 is 38.7 Å². The Morgan fingerprint density at radius 1 is 1.34 bits per heavy atom. The van der Waals surface area contributed by atoms with Gasteiger partial charge in [0.15, 0.2) is 11.6 Å². The molecule has 3 saturated carbocycles. The second-order valence-electron chi connectivity index (χ2n) is 9.17. The molecule has 3 fully saturated rings. The molecule has 7 atom stereocenters. The summed E-state index contributed by atoms with van der Waals surface area (Å²) < 4.78 is 15.3. The van der Waals surface area contributed by atoms with E-state index in [-0.39, 0.29) is 42.3 Å². The minimum atomic E-state index is -4.83. The van der Waals surface area contributed by atoms with Crippen molar-refractivity contribution in [1.29, 1.82) is 0 Å². The van der Waals surface area contributed by atoms with E-state index in [9.17, 15) is 24.4 Å². The van der Waals surface area contributed by atoms with Crippen molar-refractivity contribution in [3.63, 3.8) is 0 Å². The fourth-order valence-electron chi connectivity index (χ4n) is 6.62. The van der Waals surface area contributed by atoms with Gasteiger partial charge in [0.2, 0.25) is 0 Å². The van der Waals surface area contributed by atoms with Crippen molar-refractivity contribution in [3.8, 4) is 0 Å². The number of carbonyl (C=O) groups excluding carboxylic acids is 2. The Hall–Kier alpha value is -1.15. The molecule has 8 nitrogen and oxygen atoms in total. The number of phosphoric acid groups is 1. The minimum Gasteiger partial charge on any atom is -0.393 e. The summed E-state index contributed by atoms with van der Waals surface area (Å²) in [5, 5.41) is 22.4. The van der Waals surface area contributed by atoms with Crippen LogP contribution in [0.25, 0.3) is 0 Å². The third kappa shape index (κ3) is 3.30. The van der Waals surface area contributed by atoms with Gasteiger partial charge < -0.3 is 20.0 Å². The fourth-order valence-corrected chi connectivity index (χ4v) is 6.91. The number of fused-ring (bicyclic) bond motifs is 5. The molecule has 0 amide bonds. The minimum absolute atomic E-state index is 0.00612. The van der Waals surface area contributed by atoms with E-state index in [1.165, 1.54) is 0 Å². The van der Waals surface area contributed by atoms with Crippen molar-refractivity contribution in [2.24, 2.45) is 29.1 Å². The molecule has 4 aliphatic rings. The quantitative estimate of drug-likeness (QED) is 0.493. The lowest BCUT2D eigenvalue weighted by Gasteiger charge is -2.56. The zero-order valence-electron chi connectivity index (χ0n) is 16.2. The molecular weight excluding hydrogens is 399 g/mol. The van der Waals surface area contributed by atoms with Crippen LogP contribution < -0.4 is 0 Å². The lowest BCUT2D eigenvalue weighted by molar-refractivity contribution is -0.173. The van der Waals surface area contributed by atoms with Crippen molar-refractivity contribution in [1.82, 2.24) is 0 Å². The molecular formula is C20H27O8P. The number of ketones is 2. The highest BCUT2D eigenvalue weighted by Gasteiger charge is 2.66. The number of aliphatic hydroxyl groups is 2. The summed E-state index contributed by atoms with van der Waals surface area (Å²) in [6.45, 7) is 0.929. The van der Waals surface area contributed by atoms with Gasteiger partial charge in [0.1, 0.15) is 12.2 Å². The number of Topliss-reactive ketones (excluding diaryl/α,β-unsaturated/α-hetero) is 1. The van der Waals surface area contributed by atoms with E-state index in [1.807, 2.05) is 6.08 Å². The van der Waals surface area contributed by atoms with Gasteiger partial charge >= 0.3 is 7.82 Å². The number of allylic oxidation sites excluding steroid dienone is 4. The molecule has 0 radical (unpaired) electrons. The maximum absolute atomic E-state index is 12.7. The first-order valence-electron chi connectivity index (χ1n) is 10.0. The highest BCUT2D eigenvalue weighted by atomic mass is 31.2. The summed E-state index contributed by atoms with van der Waals surface area (Å²) in [5.74, 6) is -0.776. The number of aliphatic hydroxyl groups excluding tert-OH is 1. The Kier molecular flexibility index (Phi) is 5.05. The van der Waals surface area contributed by atoms with Crippen LogP contribution in [0.2, 0.25) is 0 Å². The zero-order valence-corrected chi connectivity index (χ0v) is 17.1. The van der Waals surface area contributed by atoms with Gasteiger partial charge in [-0.25, -0.2) is 4.57 Å². The standard InChI is InChI=1S/C20H27O8P/c1-19-9-16(22)18-13-5-3-12(21)8-11(13)2-4-14(18)15(19)6-7-20(19,24)17(23)10-28-29(25,26)27/h3,5,8,13-16,18,22,24H,2,4,6-7,9-10H2,1H3,(H2,25,26,27)/t13-,14-,15-,16?,18+,19-,20-/m0/s1. The van der Waals surface area contributed by atoms with Crippen LogP contribution in [0.5, 0.6) is 0 Å². The van der Waals surface area contributed by atoms with E-state index < -0.39 is 37.3 Å². The van der Waals surface area contributed by atoms with Gasteiger partial charge in [-0.3, -0.25) is 14.1 Å². The first-order chi connectivity index (χ1) is 13.5. The summed E-state index contributed by atoms with van der Waals surface area (Å²) in [4.78, 5) is 42.3. The third-order valence-electron chi connectivity index (χ3n) is 7.90. The Labute approximate surface area is 168 Å². The van der Waals surface area contributed by atoms with Gasteiger partial charge in [0.05, 0.1) is 6.10 Å². The summed E-state index contributed by atoms with van der Waals surface area (Å²) >= 11 is 0. The van der Waals surface area contributed by atoms with Crippen LogP contribution in [-0.2, 0) is 18.7 Å². The van der Waals surface area contributed by atoms with Crippen LogP contribution in [0.1, 0.15) is 39.0 Å². The molecule has 1 unspecified atom stereocenters. The highest BCUT2D eigenvalue weighted by Crippen LogP contribution is 2.64. The maximum Gasteiger partial charge on any atom is 0.470 e. The van der Waals surface area contributed by atoms with E-state index in [0.717, 1.165) is 18.4 Å². The van der Waals surface area contributed by atoms with Crippen LogP contribution in [0, 0.1) is 29.1 Å². The predicted octanol–water partition coefficient (Wildman–Crippen LogP) is 1.28. The highest BCUT2D eigenvalue weighted by molar-refractivity contribution is 7.46. The number of hydrogen-bond acceptors (Lipinski definition) is 6. The van der Waals surface area contributed by atoms with Crippen LogP contribution in [0.15, 0.2) is 23.8 Å². The van der Waals surface area contributed by atoms with Crippen LogP contribution in [0.3, 0.4) is 0 Å². The van der Waals surface area contributed by atoms with Crippen molar-refractivity contribution in [3.05, 3.63) is 23.8 Å². The van der Waals surface area contributed by atoms with Gasteiger partial charge in [-0.15, -0.1) is 0 Å². The van der Waals surface area contributed by atoms with Crippen LogP contribution in [0.4, 0.5) is 0 Å². The SMILES string of the molecule is C[C@]12CC(O)[C@H]3[C@@H](CCC4=CC(=O)C=C[C@@H]43)[C@@H]1CC[C@]2(O)C(=O)COP(=O)(O)O.